The molecule has 1 heterocycles. The van der Waals surface area contributed by atoms with Gasteiger partial charge in [-0.15, -0.1) is 0 Å². The number of anilines is 1. The molecular formula is C25H32N2O3. The SMILES string of the molecule is CC[C@H](Oc1ccc2c(c1)CCCC2)C(=O)N1CCN(c2ccccc2OC)CC1. The van der Waals surface area contributed by atoms with Crippen LogP contribution in [0.3, 0.4) is 0 Å². The van der Waals surface area contributed by atoms with Crippen LogP contribution >= 0.6 is 0 Å². The summed E-state index contributed by atoms with van der Waals surface area (Å²) in [7, 11) is 1.70. The highest BCUT2D eigenvalue weighted by Gasteiger charge is 2.28. The molecule has 0 bridgehead atoms. The maximum Gasteiger partial charge on any atom is 0.263 e. The number of para-hydroxylation sites is 2. The van der Waals surface area contributed by atoms with E-state index < -0.39 is 6.10 Å². The van der Waals surface area contributed by atoms with E-state index in [4.69, 9.17) is 9.47 Å². The number of rotatable bonds is 6. The molecular weight excluding hydrogens is 376 g/mol. The summed E-state index contributed by atoms with van der Waals surface area (Å²) in [5.41, 5.74) is 3.90. The van der Waals surface area contributed by atoms with Crippen LogP contribution < -0.4 is 14.4 Å². The van der Waals surface area contributed by atoms with Gasteiger partial charge in [0.2, 0.25) is 0 Å². The molecule has 2 aliphatic rings. The largest absolute Gasteiger partial charge is 0.495 e. The first-order chi connectivity index (χ1) is 14.7. The van der Waals surface area contributed by atoms with Gasteiger partial charge in [0.05, 0.1) is 12.8 Å². The van der Waals surface area contributed by atoms with Gasteiger partial charge in [-0.2, -0.15) is 0 Å². The molecule has 0 aromatic heterocycles. The Balaban J connectivity index is 1.38. The number of hydrogen-bond donors (Lipinski definition) is 0. The maximum atomic E-state index is 13.1. The minimum absolute atomic E-state index is 0.0925. The fraction of sp³-hybridized carbons (Fsp3) is 0.480. The van der Waals surface area contributed by atoms with Crippen molar-refractivity contribution >= 4 is 11.6 Å². The summed E-state index contributed by atoms with van der Waals surface area (Å²) in [5.74, 6) is 1.79. The van der Waals surface area contributed by atoms with Crippen molar-refractivity contribution in [2.75, 3.05) is 38.2 Å². The van der Waals surface area contributed by atoms with Gasteiger partial charge in [-0.3, -0.25) is 4.79 Å². The third-order valence-electron chi connectivity index (χ3n) is 6.26. The van der Waals surface area contributed by atoms with Gasteiger partial charge in [-0.25, -0.2) is 0 Å². The van der Waals surface area contributed by atoms with E-state index in [0.717, 1.165) is 43.1 Å². The zero-order chi connectivity index (χ0) is 20.9. The van der Waals surface area contributed by atoms with E-state index in [0.29, 0.717) is 19.5 Å². The highest BCUT2D eigenvalue weighted by atomic mass is 16.5. The van der Waals surface area contributed by atoms with Crippen molar-refractivity contribution in [1.82, 2.24) is 4.90 Å². The number of ether oxygens (including phenoxy) is 2. The molecule has 1 saturated heterocycles. The second-order valence-corrected chi connectivity index (χ2v) is 8.14. The molecule has 1 aliphatic heterocycles. The van der Waals surface area contributed by atoms with E-state index >= 15 is 0 Å². The van der Waals surface area contributed by atoms with Gasteiger partial charge in [-0.1, -0.05) is 25.1 Å². The van der Waals surface area contributed by atoms with Gasteiger partial charge in [-0.05, 0) is 67.5 Å². The molecule has 5 nitrogen and oxygen atoms in total. The van der Waals surface area contributed by atoms with Crippen LogP contribution in [-0.4, -0.2) is 50.2 Å². The summed E-state index contributed by atoms with van der Waals surface area (Å²) in [6.07, 6.45) is 5.02. The number of piperazine rings is 1. The Morgan fingerprint density at radius 2 is 1.73 bits per heavy atom. The lowest BCUT2D eigenvalue weighted by Gasteiger charge is -2.37. The van der Waals surface area contributed by atoms with Crippen LogP contribution in [0.5, 0.6) is 11.5 Å². The van der Waals surface area contributed by atoms with E-state index in [9.17, 15) is 4.79 Å². The molecule has 5 heteroatoms. The average molecular weight is 409 g/mol. The number of methoxy groups -OCH3 is 1. The number of carbonyl (C=O) groups is 1. The number of amides is 1. The third kappa shape index (κ3) is 4.40. The molecule has 1 aliphatic carbocycles. The zero-order valence-corrected chi connectivity index (χ0v) is 18.1. The predicted molar refractivity (Wildman–Crippen MR) is 120 cm³/mol. The van der Waals surface area contributed by atoms with Crippen molar-refractivity contribution in [2.45, 2.75) is 45.1 Å². The predicted octanol–water partition coefficient (Wildman–Crippen LogP) is 4.08. The zero-order valence-electron chi connectivity index (χ0n) is 18.1. The van der Waals surface area contributed by atoms with Gasteiger partial charge in [0.25, 0.3) is 5.91 Å². The van der Waals surface area contributed by atoms with Gasteiger partial charge >= 0.3 is 0 Å². The molecule has 2 aromatic carbocycles. The van der Waals surface area contributed by atoms with Gasteiger partial charge in [0, 0.05) is 26.2 Å². The van der Waals surface area contributed by atoms with Crippen LogP contribution in [0.2, 0.25) is 0 Å². The third-order valence-corrected chi connectivity index (χ3v) is 6.26. The summed E-state index contributed by atoms with van der Waals surface area (Å²) >= 11 is 0. The Morgan fingerprint density at radius 3 is 2.47 bits per heavy atom. The monoisotopic (exact) mass is 408 g/mol. The molecule has 160 valence electrons. The van der Waals surface area contributed by atoms with E-state index in [2.05, 4.69) is 23.1 Å². The standard InChI is InChI=1S/C25H32N2O3/c1-3-23(30-21-13-12-19-8-4-5-9-20(19)18-21)25(28)27-16-14-26(15-17-27)22-10-6-7-11-24(22)29-2/h6-7,10-13,18,23H,3-5,8-9,14-17H2,1-2H3/t23-/m0/s1. The van der Waals surface area contributed by atoms with Gasteiger partial charge in [0.15, 0.2) is 6.10 Å². The van der Waals surface area contributed by atoms with Crippen LogP contribution in [0, 0.1) is 0 Å². The molecule has 0 radical (unpaired) electrons. The molecule has 0 spiro atoms. The van der Waals surface area contributed by atoms with Gasteiger partial charge < -0.3 is 19.3 Å². The van der Waals surface area contributed by atoms with E-state index in [-0.39, 0.29) is 5.91 Å². The summed E-state index contributed by atoms with van der Waals surface area (Å²) < 4.78 is 11.7. The maximum absolute atomic E-state index is 13.1. The lowest BCUT2D eigenvalue weighted by atomic mass is 9.92. The first kappa shape index (κ1) is 20.6. The van der Waals surface area contributed by atoms with Crippen LogP contribution in [0.25, 0.3) is 0 Å². The molecule has 30 heavy (non-hydrogen) atoms. The Bertz CT molecular complexity index is 874. The van der Waals surface area contributed by atoms with E-state index in [1.807, 2.05) is 36.1 Å². The molecule has 0 saturated carbocycles. The fourth-order valence-corrected chi connectivity index (χ4v) is 4.52. The van der Waals surface area contributed by atoms with Gasteiger partial charge in [0.1, 0.15) is 11.5 Å². The normalized spacial score (nSPS) is 17.3. The van der Waals surface area contributed by atoms with Crippen molar-refractivity contribution in [1.29, 1.82) is 0 Å². The number of fused-ring (bicyclic) bond motifs is 1. The molecule has 4 rings (SSSR count). The quantitative estimate of drug-likeness (QED) is 0.722. The summed E-state index contributed by atoms with van der Waals surface area (Å²) in [6.45, 7) is 5.00. The molecule has 1 amide bonds. The summed E-state index contributed by atoms with van der Waals surface area (Å²) in [4.78, 5) is 17.4. The lowest BCUT2D eigenvalue weighted by Crippen LogP contribution is -2.52. The van der Waals surface area contributed by atoms with Crippen LogP contribution in [0.15, 0.2) is 42.5 Å². The van der Waals surface area contributed by atoms with Crippen LogP contribution in [0.1, 0.15) is 37.3 Å². The highest BCUT2D eigenvalue weighted by molar-refractivity contribution is 5.81. The van der Waals surface area contributed by atoms with Crippen molar-refractivity contribution in [3.05, 3.63) is 53.6 Å². The number of aryl methyl sites for hydroxylation is 2. The summed E-state index contributed by atoms with van der Waals surface area (Å²) in [5, 5.41) is 0. The average Bonchev–Trinajstić information content (AvgIpc) is 2.82. The Labute approximate surface area is 179 Å². The number of nitrogens with zero attached hydrogens (tertiary/aromatic N) is 2. The fourth-order valence-electron chi connectivity index (χ4n) is 4.52. The first-order valence-corrected chi connectivity index (χ1v) is 11.1. The van der Waals surface area contributed by atoms with E-state index in [1.165, 1.54) is 24.0 Å². The molecule has 1 atom stereocenters. The lowest BCUT2D eigenvalue weighted by molar-refractivity contribution is -0.139. The Morgan fingerprint density at radius 1 is 1.00 bits per heavy atom. The smallest absolute Gasteiger partial charge is 0.263 e. The molecule has 0 N–H and O–H groups in total. The molecule has 2 aromatic rings. The second-order valence-electron chi connectivity index (χ2n) is 8.14. The van der Waals surface area contributed by atoms with Crippen molar-refractivity contribution in [3.63, 3.8) is 0 Å². The van der Waals surface area contributed by atoms with Crippen LogP contribution in [-0.2, 0) is 17.6 Å². The van der Waals surface area contributed by atoms with Crippen molar-refractivity contribution in [3.8, 4) is 11.5 Å². The minimum atomic E-state index is -0.426. The second kappa shape index (κ2) is 9.41. The topological polar surface area (TPSA) is 42.0 Å². The van der Waals surface area contributed by atoms with E-state index in [1.54, 1.807) is 7.11 Å². The summed E-state index contributed by atoms with van der Waals surface area (Å²) in [6, 6.07) is 14.4. The number of carbonyl (C=O) groups excluding carboxylic acids is 1. The van der Waals surface area contributed by atoms with Crippen molar-refractivity contribution in [2.24, 2.45) is 0 Å². The molecule has 1 fully saturated rings. The minimum Gasteiger partial charge on any atom is -0.495 e. The Kier molecular flexibility index (Phi) is 6.46. The Hall–Kier alpha value is -2.69. The number of hydrogen-bond acceptors (Lipinski definition) is 4. The number of benzene rings is 2. The van der Waals surface area contributed by atoms with Crippen molar-refractivity contribution < 1.29 is 14.3 Å². The first-order valence-electron chi connectivity index (χ1n) is 11.1. The molecule has 0 unspecified atom stereocenters. The highest BCUT2D eigenvalue weighted by Crippen LogP contribution is 2.29. The van der Waals surface area contributed by atoms with Crippen LogP contribution in [0.4, 0.5) is 5.69 Å².